The summed E-state index contributed by atoms with van der Waals surface area (Å²) in [6.45, 7) is 2.06. The summed E-state index contributed by atoms with van der Waals surface area (Å²) in [4.78, 5) is 10.8. The van der Waals surface area contributed by atoms with Gasteiger partial charge in [0.1, 0.15) is 5.78 Å². The Morgan fingerprint density at radius 3 is 1.00 bits per heavy atom. The van der Waals surface area contributed by atoms with Gasteiger partial charge in [0.05, 0.1) is 0 Å². The molecular formula is C22H44O2. The number of carbonyl (C=O) groups excluding carboxylic acids is 1. The minimum absolute atomic E-state index is 0.341. The molecule has 24 heavy (non-hydrogen) atoms. The Balaban J connectivity index is 2.97. The van der Waals surface area contributed by atoms with Gasteiger partial charge in [-0.05, 0) is 19.8 Å². The zero-order valence-corrected chi connectivity index (χ0v) is 16.5. The highest BCUT2D eigenvalue weighted by Gasteiger charge is 1.96. The largest absolute Gasteiger partial charge is 0.396 e. The van der Waals surface area contributed by atoms with Crippen LogP contribution in [0.3, 0.4) is 0 Å². The van der Waals surface area contributed by atoms with Crippen molar-refractivity contribution < 1.29 is 9.90 Å². The fourth-order valence-corrected chi connectivity index (χ4v) is 3.31. The molecule has 0 bridgehead atoms. The lowest BCUT2D eigenvalue weighted by molar-refractivity contribution is -0.117. The number of ketones is 1. The van der Waals surface area contributed by atoms with E-state index in [4.69, 9.17) is 5.11 Å². The fraction of sp³-hybridized carbons (Fsp3) is 0.955. The Kier molecular flexibility index (Phi) is 20.4. The molecule has 0 fully saturated rings. The molecule has 0 aromatic rings. The van der Waals surface area contributed by atoms with Crippen molar-refractivity contribution in [2.24, 2.45) is 0 Å². The lowest BCUT2D eigenvalue weighted by Gasteiger charge is -2.03. The predicted molar refractivity (Wildman–Crippen MR) is 105 cm³/mol. The molecule has 0 amide bonds. The van der Waals surface area contributed by atoms with Gasteiger partial charge in [0.15, 0.2) is 0 Å². The molecule has 0 aliphatic rings. The second kappa shape index (κ2) is 20.7. The summed E-state index contributed by atoms with van der Waals surface area (Å²) in [5.74, 6) is 0.341. The highest BCUT2D eigenvalue weighted by Crippen LogP contribution is 2.14. The summed E-state index contributed by atoms with van der Waals surface area (Å²) >= 11 is 0. The lowest BCUT2D eigenvalue weighted by Crippen LogP contribution is -1.89. The van der Waals surface area contributed by atoms with E-state index in [1.165, 1.54) is 103 Å². The molecule has 0 saturated heterocycles. The molecule has 0 saturated carbocycles. The van der Waals surface area contributed by atoms with Crippen molar-refractivity contribution in [3.05, 3.63) is 0 Å². The van der Waals surface area contributed by atoms with E-state index in [9.17, 15) is 4.79 Å². The predicted octanol–water partition coefficient (Wildman–Crippen LogP) is 6.98. The van der Waals surface area contributed by atoms with Gasteiger partial charge in [0.2, 0.25) is 0 Å². The van der Waals surface area contributed by atoms with Gasteiger partial charge in [-0.1, -0.05) is 103 Å². The van der Waals surface area contributed by atoms with Crippen molar-refractivity contribution in [2.75, 3.05) is 6.61 Å². The third-order valence-electron chi connectivity index (χ3n) is 4.94. The smallest absolute Gasteiger partial charge is 0.129 e. The molecule has 0 aliphatic carbocycles. The van der Waals surface area contributed by atoms with E-state index in [1.807, 2.05) is 0 Å². The highest BCUT2D eigenvalue weighted by atomic mass is 16.2. The first kappa shape index (κ1) is 23.6. The van der Waals surface area contributed by atoms with Crippen LogP contribution in [0.5, 0.6) is 0 Å². The molecule has 2 heteroatoms. The second-order valence-corrected chi connectivity index (χ2v) is 7.54. The monoisotopic (exact) mass is 340 g/mol. The van der Waals surface area contributed by atoms with E-state index in [1.54, 1.807) is 6.92 Å². The van der Waals surface area contributed by atoms with Crippen LogP contribution >= 0.6 is 0 Å². The van der Waals surface area contributed by atoms with E-state index in [2.05, 4.69) is 0 Å². The van der Waals surface area contributed by atoms with E-state index in [0.717, 1.165) is 19.3 Å². The number of aliphatic hydroxyl groups excluding tert-OH is 1. The van der Waals surface area contributed by atoms with Crippen LogP contribution in [0.15, 0.2) is 0 Å². The van der Waals surface area contributed by atoms with Crippen LogP contribution in [0, 0.1) is 0 Å². The van der Waals surface area contributed by atoms with Gasteiger partial charge >= 0.3 is 0 Å². The third-order valence-corrected chi connectivity index (χ3v) is 4.94. The minimum atomic E-state index is 0.341. The molecule has 0 aliphatic heterocycles. The number of aliphatic hydroxyl groups is 1. The first-order valence-corrected chi connectivity index (χ1v) is 10.9. The molecule has 1 N–H and O–H groups in total. The molecule has 0 rings (SSSR count). The SMILES string of the molecule is CC(=O)CCCCCCCCCCCCCCCCCCCCO. The zero-order valence-electron chi connectivity index (χ0n) is 16.5. The number of hydrogen-bond acceptors (Lipinski definition) is 2. The maximum absolute atomic E-state index is 10.8. The topological polar surface area (TPSA) is 37.3 Å². The van der Waals surface area contributed by atoms with Crippen LogP contribution in [0.4, 0.5) is 0 Å². The van der Waals surface area contributed by atoms with Gasteiger partial charge in [-0.3, -0.25) is 0 Å². The molecular weight excluding hydrogens is 296 g/mol. The van der Waals surface area contributed by atoms with Crippen molar-refractivity contribution in [1.82, 2.24) is 0 Å². The van der Waals surface area contributed by atoms with Gasteiger partial charge in [0.25, 0.3) is 0 Å². The average molecular weight is 341 g/mol. The Bertz CT molecular complexity index is 250. The van der Waals surface area contributed by atoms with Crippen molar-refractivity contribution >= 4 is 5.78 Å². The zero-order chi connectivity index (χ0) is 17.7. The molecule has 0 heterocycles. The molecule has 0 aromatic heterocycles. The summed E-state index contributed by atoms with van der Waals surface area (Å²) in [5.41, 5.74) is 0. The first-order valence-electron chi connectivity index (χ1n) is 10.9. The molecule has 0 aromatic carbocycles. The molecule has 0 atom stereocenters. The standard InChI is InChI=1S/C22H44O2/c1-22(24)20-18-16-14-12-10-8-6-4-2-3-5-7-9-11-13-15-17-19-21-23/h23H,2-21H2,1H3. The normalized spacial score (nSPS) is 11.1. The molecule has 0 spiro atoms. The fourth-order valence-electron chi connectivity index (χ4n) is 3.31. The summed E-state index contributed by atoms with van der Waals surface area (Å²) in [6.07, 6.45) is 24.7. The van der Waals surface area contributed by atoms with Gasteiger partial charge < -0.3 is 9.90 Å². The second-order valence-electron chi connectivity index (χ2n) is 7.54. The number of carbonyl (C=O) groups is 1. The Hall–Kier alpha value is -0.370. The molecule has 0 radical (unpaired) electrons. The Morgan fingerprint density at radius 2 is 0.750 bits per heavy atom. The average Bonchev–Trinajstić information content (AvgIpc) is 2.56. The maximum atomic E-state index is 10.8. The quantitative estimate of drug-likeness (QED) is 0.243. The summed E-state index contributed by atoms with van der Waals surface area (Å²) in [7, 11) is 0. The maximum Gasteiger partial charge on any atom is 0.129 e. The van der Waals surface area contributed by atoms with Crippen LogP contribution in [-0.4, -0.2) is 17.5 Å². The van der Waals surface area contributed by atoms with Crippen molar-refractivity contribution in [2.45, 2.75) is 129 Å². The van der Waals surface area contributed by atoms with Crippen LogP contribution in [0.25, 0.3) is 0 Å². The highest BCUT2D eigenvalue weighted by molar-refractivity contribution is 5.75. The number of hydrogen-bond donors (Lipinski definition) is 1. The minimum Gasteiger partial charge on any atom is -0.396 e. The third kappa shape index (κ3) is 21.6. The molecule has 0 unspecified atom stereocenters. The Morgan fingerprint density at radius 1 is 0.500 bits per heavy atom. The van der Waals surface area contributed by atoms with Crippen LogP contribution < -0.4 is 0 Å². The first-order chi connectivity index (χ1) is 11.8. The van der Waals surface area contributed by atoms with Gasteiger partial charge in [-0.2, -0.15) is 0 Å². The van der Waals surface area contributed by atoms with E-state index in [-0.39, 0.29) is 0 Å². The Labute approximate surface area is 151 Å². The van der Waals surface area contributed by atoms with E-state index in [0.29, 0.717) is 12.4 Å². The molecule has 2 nitrogen and oxygen atoms in total. The van der Waals surface area contributed by atoms with Crippen LogP contribution in [-0.2, 0) is 4.79 Å². The summed E-state index contributed by atoms with van der Waals surface area (Å²) in [5, 5.41) is 8.71. The number of rotatable bonds is 20. The van der Waals surface area contributed by atoms with Crippen molar-refractivity contribution in [3.63, 3.8) is 0 Å². The van der Waals surface area contributed by atoms with E-state index >= 15 is 0 Å². The summed E-state index contributed by atoms with van der Waals surface area (Å²) in [6, 6.07) is 0. The van der Waals surface area contributed by atoms with Crippen molar-refractivity contribution in [1.29, 1.82) is 0 Å². The van der Waals surface area contributed by atoms with Crippen LogP contribution in [0.2, 0.25) is 0 Å². The van der Waals surface area contributed by atoms with Gasteiger partial charge in [0, 0.05) is 13.0 Å². The number of unbranched alkanes of at least 4 members (excludes halogenated alkanes) is 17. The van der Waals surface area contributed by atoms with E-state index < -0.39 is 0 Å². The number of Topliss-reactive ketones (excluding diaryl/α,β-unsaturated/α-hetero) is 1. The van der Waals surface area contributed by atoms with Crippen molar-refractivity contribution in [3.8, 4) is 0 Å². The lowest BCUT2D eigenvalue weighted by atomic mass is 10.0. The van der Waals surface area contributed by atoms with Gasteiger partial charge in [-0.25, -0.2) is 0 Å². The van der Waals surface area contributed by atoms with Gasteiger partial charge in [-0.15, -0.1) is 0 Å². The molecule has 144 valence electrons. The van der Waals surface area contributed by atoms with Crippen LogP contribution in [0.1, 0.15) is 129 Å². The summed E-state index contributed by atoms with van der Waals surface area (Å²) < 4.78 is 0.